The number of nitrogens with zero attached hydrogens (tertiary/aromatic N) is 3. The van der Waals surface area contributed by atoms with Gasteiger partial charge < -0.3 is 9.84 Å². The summed E-state index contributed by atoms with van der Waals surface area (Å²) in [6.07, 6.45) is 3.20. The minimum atomic E-state index is -0.219. The number of halogens is 2. The van der Waals surface area contributed by atoms with Crippen LogP contribution in [-0.4, -0.2) is 52.4 Å². The summed E-state index contributed by atoms with van der Waals surface area (Å²) in [4.78, 5) is 13.6. The van der Waals surface area contributed by atoms with E-state index in [1.165, 1.54) is 12.7 Å². The molecule has 1 aliphatic heterocycles. The maximum atomic E-state index is 11.4. The molecule has 6 rings (SSSR count). The van der Waals surface area contributed by atoms with Gasteiger partial charge in [0.15, 0.2) is 6.29 Å². The largest absolute Gasteiger partial charge is 0.496 e. The van der Waals surface area contributed by atoms with E-state index in [1.807, 2.05) is 41.2 Å². The van der Waals surface area contributed by atoms with Crippen LogP contribution < -0.4 is 4.74 Å². The molecule has 0 amide bonds. The van der Waals surface area contributed by atoms with E-state index in [1.54, 1.807) is 12.1 Å². The van der Waals surface area contributed by atoms with Crippen molar-refractivity contribution in [2.75, 3.05) is 20.2 Å². The molecule has 1 aromatic heterocycles. The van der Waals surface area contributed by atoms with Crippen molar-refractivity contribution < 1.29 is 14.6 Å². The SMILES string of the molecule is COc1cc(Cn2ncc3c(-c4cccc(-c5ccc(CN6CC[C@@H](O)C6)cc5)c4Cl)cccc32)c(Cl)cc1C=O. The van der Waals surface area contributed by atoms with Gasteiger partial charge in [0.05, 0.1) is 42.1 Å². The lowest BCUT2D eigenvalue weighted by Crippen LogP contribution is -2.21. The molecule has 4 aromatic carbocycles. The van der Waals surface area contributed by atoms with E-state index in [0.29, 0.717) is 27.9 Å². The first-order valence-corrected chi connectivity index (χ1v) is 14.3. The number of ether oxygens (including phenoxy) is 1. The molecule has 0 aliphatic carbocycles. The first kappa shape index (κ1) is 27.5. The van der Waals surface area contributed by atoms with Crippen LogP contribution in [0.25, 0.3) is 33.2 Å². The van der Waals surface area contributed by atoms with Crippen LogP contribution in [0.1, 0.15) is 27.9 Å². The number of β-amino-alcohol motifs (C(OH)–C–C–N with tert-alkyl or cyclic N) is 1. The number of benzene rings is 4. The third-order valence-corrected chi connectivity index (χ3v) is 8.50. The first-order valence-electron chi connectivity index (χ1n) is 13.5. The molecule has 1 fully saturated rings. The van der Waals surface area contributed by atoms with Gasteiger partial charge in [-0.25, -0.2) is 0 Å². The number of aliphatic hydroxyl groups excluding tert-OH is 1. The lowest BCUT2D eigenvalue weighted by atomic mass is 9.96. The Kier molecular flexibility index (Phi) is 7.82. The van der Waals surface area contributed by atoms with E-state index in [2.05, 4.69) is 40.3 Å². The second kappa shape index (κ2) is 11.7. The van der Waals surface area contributed by atoms with Crippen LogP contribution >= 0.6 is 23.2 Å². The van der Waals surface area contributed by atoms with Gasteiger partial charge in [0.25, 0.3) is 0 Å². The van der Waals surface area contributed by atoms with E-state index in [0.717, 1.165) is 71.1 Å². The minimum Gasteiger partial charge on any atom is -0.496 e. The Labute approximate surface area is 248 Å². The zero-order chi connectivity index (χ0) is 28.5. The lowest BCUT2D eigenvalue weighted by molar-refractivity contribution is 0.112. The van der Waals surface area contributed by atoms with Crippen LogP contribution in [0.3, 0.4) is 0 Å². The highest BCUT2D eigenvalue weighted by molar-refractivity contribution is 6.36. The summed E-state index contributed by atoms with van der Waals surface area (Å²) >= 11 is 13.6. The van der Waals surface area contributed by atoms with Crippen LogP contribution in [-0.2, 0) is 13.1 Å². The number of aldehydes is 1. The number of fused-ring (bicyclic) bond motifs is 1. The van der Waals surface area contributed by atoms with Gasteiger partial charge in [-0.2, -0.15) is 5.10 Å². The Hall–Kier alpha value is -3.68. The maximum Gasteiger partial charge on any atom is 0.153 e. The fraction of sp³-hybridized carbons (Fsp3) is 0.212. The highest BCUT2D eigenvalue weighted by Crippen LogP contribution is 2.39. The van der Waals surface area contributed by atoms with E-state index in [4.69, 9.17) is 27.9 Å². The molecule has 8 heteroatoms. The first-order chi connectivity index (χ1) is 19.9. The van der Waals surface area contributed by atoms with E-state index < -0.39 is 0 Å². The molecule has 1 aliphatic rings. The normalized spacial score (nSPS) is 15.5. The molecule has 0 bridgehead atoms. The summed E-state index contributed by atoms with van der Waals surface area (Å²) in [5.41, 5.74) is 7.29. The number of carbonyl (C=O) groups is 1. The van der Waals surface area contributed by atoms with Crippen molar-refractivity contribution in [3.63, 3.8) is 0 Å². The van der Waals surface area contributed by atoms with Gasteiger partial charge in [-0.15, -0.1) is 0 Å². The highest BCUT2D eigenvalue weighted by Gasteiger charge is 2.20. The summed E-state index contributed by atoms with van der Waals surface area (Å²) in [6, 6.07) is 24.1. The average Bonchev–Trinajstić information content (AvgIpc) is 3.60. The summed E-state index contributed by atoms with van der Waals surface area (Å²) in [7, 11) is 1.53. The molecule has 41 heavy (non-hydrogen) atoms. The number of methoxy groups -OCH3 is 1. The molecule has 0 radical (unpaired) electrons. The van der Waals surface area contributed by atoms with Gasteiger partial charge in [-0.1, -0.05) is 77.8 Å². The van der Waals surface area contributed by atoms with Crippen LogP contribution in [0.15, 0.2) is 79.0 Å². The maximum absolute atomic E-state index is 11.4. The zero-order valence-electron chi connectivity index (χ0n) is 22.6. The Morgan fingerprint density at radius 1 is 1.00 bits per heavy atom. The fourth-order valence-corrected chi connectivity index (χ4v) is 6.16. The Morgan fingerprint density at radius 3 is 2.49 bits per heavy atom. The monoisotopic (exact) mass is 585 g/mol. The van der Waals surface area contributed by atoms with Crippen molar-refractivity contribution in [1.82, 2.24) is 14.7 Å². The molecule has 1 N–H and O–H groups in total. The van der Waals surface area contributed by atoms with E-state index >= 15 is 0 Å². The predicted octanol–water partition coefficient (Wildman–Crippen LogP) is 7.11. The third-order valence-electron chi connectivity index (χ3n) is 7.74. The third kappa shape index (κ3) is 5.48. The van der Waals surface area contributed by atoms with Crippen molar-refractivity contribution in [2.24, 2.45) is 0 Å². The molecule has 208 valence electrons. The van der Waals surface area contributed by atoms with Crippen molar-refractivity contribution in [3.8, 4) is 28.0 Å². The van der Waals surface area contributed by atoms with Crippen molar-refractivity contribution in [3.05, 3.63) is 106 Å². The van der Waals surface area contributed by atoms with Gasteiger partial charge in [0.2, 0.25) is 0 Å². The number of likely N-dealkylation sites (tertiary alicyclic amines) is 1. The standard InChI is InChI=1S/C33H29Cl2N3O3/c1-41-32-15-23(30(34)14-24(32)20-39)18-38-31-7-3-5-27(29(31)16-36-38)28-6-2-4-26(33(28)35)22-10-8-21(9-11-22)17-37-13-12-25(40)19-37/h2-11,14-16,20,25,40H,12-13,17-19H2,1H3/t25-/m1/s1. The number of hydrogen-bond acceptors (Lipinski definition) is 5. The highest BCUT2D eigenvalue weighted by atomic mass is 35.5. The van der Waals surface area contributed by atoms with Crippen LogP contribution in [0, 0.1) is 0 Å². The summed E-state index contributed by atoms with van der Waals surface area (Å²) < 4.78 is 7.26. The predicted molar refractivity (Wildman–Crippen MR) is 164 cm³/mol. The Morgan fingerprint density at radius 2 is 1.76 bits per heavy atom. The molecule has 2 heterocycles. The average molecular weight is 587 g/mol. The van der Waals surface area contributed by atoms with E-state index in [9.17, 15) is 9.90 Å². The van der Waals surface area contributed by atoms with Crippen LogP contribution in [0.5, 0.6) is 5.75 Å². The number of aromatic nitrogens is 2. The zero-order valence-corrected chi connectivity index (χ0v) is 24.1. The van der Waals surface area contributed by atoms with Gasteiger partial charge in [0.1, 0.15) is 5.75 Å². The molecule has 0 spiro atoms. The number of hydrogen-bond donors (Lipinski definition) is 1. The van der Waals surface area contributed by atoms with Crippen LogP contribution in [0.4, 0.5) is 0 Å². The second-order valence-electron chi connectivity index (χ2n) is 10.4. The fourth-order valence-electron chi connectivity index (χ4n) is 5.59. The molecule has 0 saturated carbocycles. The molecule has 5 aromatic rings. The smallest absolute Gasteiger partial charge is 0.153 e. The van der Waals surface area contributed by atoms with E-state index in [-0.39, 0.29) is 6.10 Å². The summed E-state index contributed by atoms with van der Waals surface area (Å²) in [5.74, 6) is 0.475. The van der Waals surface area contributed by atoms with Gasteiger partial charge in [0, 0.05) is 41.2 Å². The quantitative estimate of drug-likeness (QED) is 0.196. The van der Waals surface area contributed by atoms with Crippen molar-refractivity contribution in [2.45, 2.75) is 25.6 Å². The van der Waals surface area contributed by atoms with Gasteiger partial charge >= 0.3 is 0 Å². The molecule has 6 nitrogen and oxygen atoms in total. The molecular weight excluding hydrogens is 557 g/mol. The van der Waals surface area contributed by atoms with Crippen molar-refractivity contribution in [1.29, 1.82) is 0 Å². The molecule has 0 unspecified atom stereocenters. The molecule has 1 atom stereocenters. The molecular formula is C33H29Cl2N3O3. The van der Waals surface area contributed by atoms with Gasteiger partial charge in [-0.3, -0.25) is 14.4 Å². The minimum absolute atomic E-state index is 0.219. The summed E-state index contributed by atoms with van der Waals surface area (Å²) in [5, 5.41) is 16.6. The number of rotatable bonds is 8. The molecule has 1 saturated heterocycles. The second-order valence-corrected chi connectivity index (χ2v) is 11.2. The Balaban J connectivity index is 1.30. The van der Waals surface area contributed by atoms with Gasteiger partial charge in [-0.05, 0) is 46.9 Å². The number of carbonyl (C=O) groups excluding carboxylic acids is 1. The van der Waals surface area contributed by atoms with Crippen molar-refractivity contribution >= 4 is 40.4 Å². The topological polar surface area (TPSA) is 67.6 Å². The summed E-state index contributed by atoms with van der Waals surface area (Å²) in [6.45, 7) is 2.89. The lowest BCUT2D eigenvalue weighted by Gasteiger charge is -2.16. The van der Waals surface area contributed by atoms with Crippen LogP contribution in [0.2, 0.25) is 10.0 Å². The Bertz CT molecular complexity index is 1730. The number of aliphatic hydroxyl groups is 1.